The van der Waals surface area contributed by atoms with Gasteiger partial charge in [-0.1, -0.05) is 13.8 Å². The molecule has 0 aliphatic carbocycles. The van der Waals surface area contributed by atoms with Gasteiger partial charge >= 0.3 is 25.2 Å². The molecule has 0 aromatic rings. The van der Waals surface area contributed by atoms with Crippen LogP contribution in [0.2, 0.25) is 0 Å². The molecule has 0 amide bonds. The molecule has 1 rings (SSSR count). The first-order valence-corrected chi connectivity index (χ1v) is 4.29. The Morgan fingerprint density at radius 2 is 1.80 bits per heavy atom. The van der Waals surface area contributed by atoms with Crippen LogP contribution >= 0.6 is 0 Å². The fourth-order valence-corrected chi connectivity index (χ4v) is 0.789. The Morgan fingerprint density at radius 1 is 1.33 bits per heavy atom. The monoisotopic (exact) mass is 215 g/mol. The van der Waals surface area contributed by atoms with Crippen molar-refractivity contribution in [2.24, 2.45) is 11.7 Å². The summed E-state index contributed by atoms with van der Waals surface area (Å²) in [5, 5.41) is 0. The van der Waals surface area contributed by atoms with Crippen LogP contribution in [0.3, 0.4) is 0 Å². The van der Waals surface area contributed by atoms with Gasteiger partial charge in [0.1, 0.15) is 6.04 Å². The number of hydrogen-bond donors (Lipinski definition) is 1. The minimum Gasteiger partial charge on any atom is -0.461 e. The van der Waals surface area contributed by atoms with E-state index in [2.05, 4.69) is 14.0 Å². The Bertz CT molecular complexity index is 288. The number of rotatable bonds is 3. The maximum absolute atomic E-state index is 11.2. The molecular weight excluding hydrogens is 205 g/mol. The lowest BCUT2D eigenvalue weighted by molar-refractivity contribution is -0.150. The fraction of sp³-hybridized carbons (Fsp3) is 0.571. The van der Waals surface area contributed by atoms with Crippen LogP contribution in [0, 0.1) is 5.92 Å². The minimum atomic E-state index is -1.61. The number of hydrogen-bond acceptors (Lipinski definition) is 7. The van der Waals surface area contributed by atoms with Crippen LogP contribution in [0.25, 0.3) is 0 Å². The Kier molecular flexibility index (Phi) is 3.30. The van der Waals surface area contributed by atoms with Gasteiger partial charge in [0.05, 0.1) is 0 Å². The molecule has 1 aliphatic rings. The summed E-state index contributed by atoms with van der Waals surface area (Å²) in [6.07, 6.45) is 0. The first kappa shape index (κ1) is 11.5. The highest BCUT2D eigenvalue weighted by Gasteiger charge is 2.47. The molecule has 0 aromatic heterocycles. The molecule has 0 aromatic carbocycles. The van der Waals surface area contributed by atoms with E-state index < -0.39 is 31.3 Å². The molecule has 2 N–H and O–H groups in total. The van der Waals surface area contributed by atoms with Gasteiger partial charge in [-0.25, -0.2) is 9.59 Å². The van der Waals surface area contributed by atoms with Gasteiger partial charge in [0.25, 0.3) is 0 Å². The van der Waals surface area contributed by atoms with Crippen molar-refractivity contribution in [3.8, 4) is 0 Å². The molecular formula is C7H10BNO6. The predicted octanol–water partition coefficient (Wildman–Crippen LogP) is -1.40. The van der Waals surface area contributed by atoms with E-state index in [4.69, 9.17) is 5.73 Å². The predicted molar refractivity (Wildman–Crippen MR) is 46.8 cm³/mol. The maximum Gasteiger partial charge on any atom is 0.870 e. The molecule has 0 radical (unpaired) electrons. The third-order valence-corrected chi connectivity index (χ3v) is 1.78. The lowest BCUT2D eigenvalue weighted by atomic mass is 10.1. The quantitative estimate of drug-likeness (QED) is 0.455. The average Bonchev–Trinajstić information content (AvgIpc) is 2.44. The van der Waals surface area contributed by atoms with Gasteiger partial charge in [-0.05, 0) is 5.92 Å². The van der Waals surface area contributed by atoms with Crippen molar-refractivity contribution < 1.29 is 28.3 Å². The molecule has 0 bridgehead atoms. The summed E-state index contributed by atoms with van der Waals surface area (Å²) >= 11 is 0. The van der Waals surface area contributed by atoms with Crippen molar-refractivity contribution in [1.29, 1.82) is 0 Å². The van der Waals surface area contributed by atoms with E-state index in [1.165, 1.54) is 0 Å². The zero-order valence-electron chi connectivity index (χ0n) is 8.26. The summed E-state index contributed by atoms with van der Waals surface area (Å²) < 4.78 is 13.1. The Morgan fingerprint density at radius 3 is 2.20 bits per heavy atom. The Labute approximate surface area is 86.0 Å². The van der Waals surface area contributed by atoms with Gasteiger partial charge in [-0.2, -0.15) is 0 Å². The van der Waals surface area contributed by atoms with Crippen molar-refractivity contribution in [3.63, 3.8) is 0 Å². The van der Waals surface area contributed by atoms with Gasteiger partial charge in [-0.15, -0.1) is 0 Å². The first-order valence-electron chi connectivity index (χ1n) is 4.29. The van der Waals surface area contributed by atoms with Crippen LogP contribution in [-0.2, 0) is 28.3 Å². The Hall–Kier alpha value is -1.57. The van der Waals surface area contributed by atoms with Crippen LogP contribution in [0.1, 0.15) is 13.8 Å². The average molecular weight is 215 g/mol. The lowest BCUT2D eigenvalue weighted by Crippen LogP contribution is -2.40. The second-order valence-electron chi connectivity index (χ2n) is 3.31. The molecule has 8 heteroatoms. The van der Waals surface area contributed by atoms with E-state index >= 15 is 0 Å². The van der Waals surface area contributed by atoms with E-state index in [0.717, 1.165) is 0 Å². The summed E-state index contributed by atoms with van der Waals surface area (Å²) in [6, 6.07) is -0.858. The third-order valence-electron chi connectivity index (χ3n) is 1.78. The first-order chi connectivity index (χ1) is 6.91. The highest BCUT2D eigenvalue weighted by atomic mass is 16.8. The van der Waals surface area contributed by atoms with Gasteiger partial charge in [0.15, 0.2) is 0 Å². The summed E-state index contributed by atoms with van der Waals surface area (Å²) in [6.45, 7) is 3.44. The van der Waals surface area contributed by atoms with E-state index in [-0.39, 0.29) is 5.92 Å². The standard InChI is InChI=1S/C7H10BNO6/c1-3(2)4(9)5(10)13-8-14-6(11)7(12)15-8/h3-4H,9H2,1-2H3. The highest BCUT2D eigenvalue weighted by molar-refractivity contribution is 6.56. The maximum atomic E-state index is 11.2. The van der Waals surface area contributed by atoms with Crippen LogP contribution in [0.15, 0.2) is 0 Å². The molecule has 1 atom stereocenters. The second-order valence-corrected chi connectivity index (χ2v) is 3.31. The molecule has 15 heavy (non-hydrogen) atoms. The third kappa shape index (κ3) is 2.69. The zero-order valence-corrected chi connectivity index (χ0v) is 8.26. The molecule has 1 fully saturated rings. The summed E-state index contributed by atoms with van der Waals surface area (Å²) in [4.78, 5) is 32.3. The Balaban J connectivity index is 2.46. The number of carbonyl (C=O) groups is 3. The van der Waals surface area contributed by atoms with Crippen molar-refractivity contribution in [2.45, 2.75) is 19.9 Å². The summed E-state index contributed by atoms with van der Waals surface area (Å²) in [5.74, 6) is -3.31. The van der Waals surface area contributed by atoms with E-state index in [1.54, 1.807) is 13.8 Å². The SMILES string of the molecule is CC(C)C(N)C(=O)OB1OC(=O)C(=O)O1. The molecule has 7 nitrogen and oxygen atoms in total. The van der Waals surface area contributed by atoms with Gasteiger partial charge in [-0.3, -0.25) is 4.79 Å². The largest absolute Gasteiger partial charge is 0.870 e. The van der Waals surface area contributed by atoms with Crippen LogP contribution in [0.4, 0.5) is 0 Å². The smallest absolute Gasteiger partial charge is 0.461 e. The van der Waals surface area contributed by atoms with Crippen LogP contribution < -0.4 is 5.73 Å². The molecule has 82 valence electrons. The normalized spacial score (nSPS) is 17.5. The molecule has 1 aliphatic heterocycles. The fourth-order valence-electron chi connectivity index (χ4n) is 0.789. The van der Waals surface area contributed by atoms with Crippen LogP contribution in [-0.4, -0.2) is 31.3 Å². The minimum absolute atomic E-state index is 0.134. The number of nitrogens with two attached hydrogens (primary N) is 1. The van der Waals surface area contributed by atoms with Gasteiger partial charge < -0.3 is 19.7 Å². The topological polar surface area (TPSA) is 105 Å². The van der Waals surface area contributed by atoms with E-state index in [9.17, 15) is 14.4 Å². The second kappa shape index (κ2) is 4.30. The van der Waals surface area contributed by atoms with Gasteiger partial charge in [0.2, 0.25) is 0 Å². The van der Waals surface area contributed by atoms with Crippen LogP contribution in [0.5, 0.6) is 0 Å². The van der Waals surface area contributed by atoms with E-state index in [0.29, 0.717) is 0 Å². The molecule has 0 spiro atoms. The molecule has 1 unspecified atom stereocenters. The van der Waals surface area contributed by atoms with Crippen molar-refractivity contribution >= 4 is 25.2 Å². The summed E-state index contributed by atoms with van der Waals surface area (Å²) in [7, 11) is -1.61. The lowest BCUT2D eigenvalue weighted by Gasteiger charge is -2.14. The van der Waals surface area contributed by atoms with E-state index in [1.807, 2.05) is 0 Å². The van der Waals surface area contributed by atoms with Gasteiger partial charge in [0, 0.05) is 0 Å². The molecule has 1 heterocycles. The molecule has 0 saturated carbocycles. The number of carbonyl (C=O) groups excluding carboxylic acids is 3. The highest BCUT2D eigenvalue weighted by Crippen LogP contribution is 2.07. The summed E-state index contributed by atoms with van der Waals surface area (Å²) in [5.41, 5.74) is 5.45. The van der Waals surface area contributed by atoms with Crippen molar-refractivity contribution in [2.75, 3.05) is 0 Å². The zero-order chi connectivity index (χ0) is 11.6. The van der Waals surface area contributed by atoms with Crippen molar-refractivity contribution in [1.82, 2.24) is 0 Å². The van der Waals surface area contributed by atoms with Crippen molar-refractivity contribution in [3.05, 3.63) is 0 Å². The molecule has 1 saturated heterocycles.